The van der Waals surface area contributed by atoms with Crippen LogP contribution >= 0.6 is 0 Å². The van der Waals surface area contributed by atoms with Crippen molar-refractivity contribution >= 4 is 5.97 Å². The number of carbonyl (C=O) groups excluding carboxylic acids is 1. The number of rotatable bonds is 2. The summed E-state index contributed by atoms with van der Waals surface area (Å²) in [5, 5.41) is 0. The molecule has 4 heteroatoms. The van der Waals surface area contributed by atoms with Crippen molar-refractivity contribution < 1.29 is 9.53 Å². The molecule has 0 aliphatic rings. The Morgan fingerprint density at radius 3 is 2.61 bits per heavy atom. The van der Waals surface area contributed by atoms with Gasteiger partial charge in [0, 0.05) is 11.8 Å². The van der Waals surface area contributed by atoms with Gasteiger partial charge in [0.15, 0.2) is 0 Å². The summed E-state index contributed by atoms with van der Waals surface area (Å²) in [5.41, 5.74) is 4.09. The Morgan fingerprint density at radius 1 is 1.17 bits per heavy atom. The molecule has 2 aromatic rings. The normalized spacial score (nSPS) is 10.2. The van der Waals surface area contributed by atoms with Gasteiger partial charge in [0.2, 0.25) is 5.82 Å². The Kier molecular flexibility index (Phi) is 3.37. The molecule has 2 rings (SSSR count). The average molecular weight is 242 g/mol. The fourth-order valence-corrected chi connectivity index (χ4v) is 1.61. The van der Waals surface area contributed by atoms with Crippen LogP contribution in [-0.4, -0.2) is 23.0 Å². The van der Waals surface area contributed by atoms with Gasteiger partial charge in [0.05, 0.1) is 12.8 Å². The van der Waals surface area contributed by atoms with E-state index in [0.29, 0.717) is 5.69 Å². The number of aryl methyl sites for hydroxylation is 2. The van der Waals surface area contributed by atoms with E-state index in [4.69, 9.17) is 0 Å². The molecule has 0 N–H and O–H groups in total. The molecule has 0 unspecified atom stereocenters. The number of methoxy groups -OCH3 is 1. The lowest BCUT2D eigenvalue weighted by molar-refractivity contribution is 0.0587. The van der Waals surface area contributed by atoms with Gasteiger partial charge < -0.3 is 4.74 Å². The van der Waals surface area contributed by atoms with Crippen molar-refractivity contribution in [2.24, 2.45) is 0 Å². The maximum atomic E-state index is 11.4. The average Bonchev–Trinajstić information content (AvgIpc) is 2.41. The van der Waals surface area contributed by atoms with Crippen LogP contribution < -0.4 is 0 Å². The number of carbonyl (C=O) groups is 1. The first kappa shape index (κ1) is 12.2. The summed E-state index contributed by atoms with van der Waals surface area (Å²) in [7, 11) is 1.31. The molecule has 0 atom stereocenters. The lowest BCUT2D eigenvalue weighted by Gasteiger charge is -2.05. The number of esters is 1. The fourth-order valence-electron chi connectivity index (χ4n) is 1.61. The van der Waals surface area contributed by atoms with Crippen molar-refractivity contribution in [3.8, 4) is 11.3 Å². The molecule has 1 aromatic heterocycles. The van der Waals surface area contributed by atoms with Crippen LogP contribution in [0.25, 0.3) is 11.3 Å². The second-order valence-corrected chi connectivity index (χ2v) is 4.06. The monoisotopic (exact) mass is 242 g/mol. The minimum Gasteiger partial charge on any atom is -0.463 e. The lowest BCUT2D eigenvalue weighted by Crippen LogP contribution is -2.07. The van der Waals surface area contributed by atoms with Crippen molar-refractivity contribution in [2.45, 2.75) is 13.8 Å². The zero-order valence-electron chi connectivity index (χ0n) is 10.6. The Bertz CT molecular complexity index is 594. The summed E-state index contributed by atoms with van der Waals surface area (Å²) >= 11 is 0. The highest BCUT2D eigenvalue weighted by Gasteiger charge is 2.10. The molecular formula is C14H14N2O2. The Hall–Kier alpha value is -2.23. The SMILES string of the molecule is COC(=O)c1nccc(-c2ccc(C)c(C)c2)n1. The molecule has 0 aliphatic carbocycles. The Balaban J connectivity index is 2.44. The Labute approximate surface area is 106 Å². The van der Waals surface area contributed by atoms with Crippen LogP contribution in [0.15, 0.2) is 30.5 Å². The standard InChI is InChI=1S/C14H14N2O2/c1-9-4-5-11(8-10(9)2)12-6-7-15-13(16-12)14(17)18-3/h4-8H,1-3H3. The highest BCUT2D eigenvalue weighted by Crippen LogP contribution is 2.20. The minimum absolute atomic E-state index is 0.0771. The Morgan fingerprint density at radius 2 is 1.94 bits per heavy atom. The number of nitrogens with zero attached hydrogens (tertiary/aromatic N) is 2. The number of benzene rings is 1. The number of aromatic nitrogens is 2. The van der Waals surface area contributed by atoms with E-state index in [9.17, 15) is 4.79 Å². The molecule has 0 fully saturated rings. The lowest BCUT2D eigenvalue weighted by atomic mass is 10.0. The van der Waals surface area contributed by atoms with Crippen LogP contribution in [0.1, 0.15) is 21.7 Å². The predicted octanol–water partition coefficient (Wildman–Crippen LogP) is 2.55. The zero-order chi connectivity index (χ0) is 13.1. The topological polar surface area (TPSA) is 52.1 Å². The minimum atomic E-state index is -0.527. The summed E-state index contributed by atoms with van der Waals surface area (Å²) in [6, 6.07) is 7.82. The largest absolute Gasteiger partial charge is 0.463 e. The van der Waals surface area contributed by atoms with E-state index in [1.165, 1.54) is 18.2 Å². The number of hydrogen-bond donors (Lipinski definition) is 0. The van der Waals surface area contributed by atoms with Crippen LogP contribution in [0, 0.1) is 13.8 Å². The van der Waals surface area contributed by atoms with E-state index in [1.54, 1.807) is 12.3 Å². The third-order valence-corrected chi connectivity index (χ3v) is 2.83. The third kappa shape index (κ3) is 2.37. The first-order valence-corrected chi connectivity index (χ1v) is 5.61. The quantitative estimate of drug-likeness (QED) is 0.759. The molecule has 92 valence electrons. The summed E-state index contributed by atoms with van der Waals surface area (Å²) in [4.78, 5) is 19.5. The van der Waals surface area contributed by atoms with Crippen molar-refractivity contribution in [1.29, 1.82) is 0 Å². The van der Waals surface area contributed by atoms with E-state index in [2.05, 4.69) is 21.6 Å². The molecule has 0 saturated carbocycles. The summed E-state index contributed by atoms with van der Waals surface area (Å²) in [6.45, 7) is 4.10. The van der Waals surface area contributed by atoms with Gasteiger partial charge in [-0.25, -0.2) is 14.8 Å². The summed E-state index contributed by atoms with van der Waals surface area (Å²) in [6.07, 6.45) is 1.56. The van der Waals surface area contributed by atoms with Crippen LogP contribution in [0.2, 0.25) is 0 Å². The first-order valence-electron chi connectivity index (χ1n) is 5.61. The van der Waals surface area contributed by atoms with Crippen molar-refractivity contribution in [2.75, 3.05) is 7.11 Å². The summed E-state index contributed by atoms with van der Waals surface area (Å²) < 4.78 is 4.61. The number of hydrogen-bond acceptors (Lipinski definition) is 4. The van der Waals surface area contributed by atoms with Gasteiger partial charge in [-0.3, -0.25) is 0 Å². The van der Waals surface area contributed by atoms with Crippen LogP contribution in [0.5, 0.6) is 0 Å². The molecule has 0 bridgehead atoms. The molecule has 0 amide bonds. The van der Waals surface area contributed by atoms with E-state index < -0.39 is 5.97 Å². The molecule has 0 radical (unpaired) electrons. The van der Waals surface area contributed by atoms with Gasteiger partial charge in [0.1, 0.15) is 0 Å². The van der Waals surface area contributed by atoms with Crippen molar-refractivity contribution in [3.63, 3.8) is 0 Å². The van der Waals surface area contributed by atoms with Crippen molar-refractivity contribution in [1.82, 2.24) is 9.97 Å². The van der Waals surface area contributed by atoms with Gasteiger partial charge >= 0.3 is 5.97 Å². The second-order valence-electron chi connectivity index (χ2n) is 4.06. The van der Waals surface area contributed by atoms with E-state index in [1.807, 2.05) is 25.1 Å². The first-order chi connectivity index (χ1) is 8.61. The molecule has 0 saturated heterocycles. The van der Waals surface area contributed by atoms with E-state index in [-0.39, 0.29) is 5.82 Å². The van der Waals surface area contributed by atoms with E-state index in [0.717, 1.165) is 5.56 Å². The van der Waals surface area contributed by atoms with Gasteiger partial charge in [-0.05, 0) is 37.1 Å². The van der Waals surface area contributed by atoms with Crippen LogP contribution in [0.4, 0.5) is 0 Å². The van der Waals surface area contributed by atoms with Gasteiger partial charge in [-0.1, -0.05) is 12.1 Å². The maximum Gasteiger partial charge on any atom is 0.376 e. The maximum absolute atomic E-state index is 11.4. The van der Waals surface area contributed by atoms with Crippen molar-refractivity contribution in [3.05, 3.63) is 47.4 Å². The molecule has 0 spiro atoms. The highest BCUT2D eigenvalue weighted by molar-refractivity contribution is 5.85. The molecule has 0 aliphatic heterocycles. The summed E-state index contributed by atoms with van der Waals surface area (Å²) in [5.74, 6) is -0.450. The predicted molar refractivity (Wildman–Crippen MR) is 68.3 cm³/mol. The van der Waals surface area contributed by atoms with Gasteiger partial charge in [-0.15, -0.1) is 0 Å². The van der Waals surface area contributed by atoms with Gasteiger partial charge in [0.25, 0.3) is 0 Å². The highest BCUT2D eigenvalue weighted by atomic mass is 16.5. The molecule has 1 heterocycles. The van der Waals surface area contributed by atoms with Crippen LogP contribution in [-0.2, 0) is 4.74 Å². The number of ether oxygens (including phenoxy) is 1. The molecule has 4 nitrogen and oxygen atoms in total. The molecule has 18 heavy (non-hydrogen) atoms. The second kappa shape index (κ2) is 4.96. The van der Waals surface area contributed by atoms with E-state index >= 15 is 0 Å². The van der Waals surface area contributed by atoms with Crippen LogP contribution in [0.3, 0.4) is 0 Å². The smallest absolute Gasteiger partial charge is 0.376 e. The fraction of sp³-hybridized carbons (Fsp3) is 0.214. The zero-order valence-corrected chi connectivity index (χ0v) is 10.6. The molecule has 1 aromatic carbocycles. The van der Waals surface area contributed by atoms with Gasteiger partial charge in [-0.2, -0.15) is 0 Å². The third-order valence-electron chi connectivity index (χ3n) is 2.83. The molecular weight excluding hydrogens is 228 g/mol.